The van der Waals surface area contributed by atoms with E-state index in [0.29, 0.717) is 24.2 Å². The summed E-state index contributed by atoms with van der Waals surface area (Å²) in [5.74, 6) is -1.47. The van der Waals surface area contributed by atoms with Crippen LogP contribution in [0.5, 0.6) is 0 Å². The third kappa shape index (κ3) is 5.29. The highest BCUT2D eigenvalue weighted by atomic mass is 16.5. The molecular weight excluding hydrogens is 322 g/mol. The molecule has 1 aromatic rings. The minimum Gasteiger partial charge on any atom is -0.462 e. The summed E-state index contributed by atoms with van der Waals surface area (Å²) in [6.07, 6.45) is 0.529. The van der Waals surface area contributed by atoms with Crippen LogP contribution in [0.15, 0.2) is 24.3 Å². The van der Waals surface area contributed by atoms with Gasteiger partial charge in [0.1, 0.15) is 0 Å². The number of esters is 1. The van der Waals surface area contributed by atoms with Gasteiger partial charge >= 0.3 is 5.97 Å². The number of para-hydroxylation sites is 1. The first-order valence-corrected chi connectivity index (χ1v) is 8.43. The van der Waals surface area contributed by atoms with Crippen molar-refractivity contribution in [1.29, 1.82) is 0 Å². The summed E-state index contributed by atoms with van der Waals surface area (Å²) in [6, 6.07) is 6.70. The van der Waals surface area contributed by atoms with Crippen molar-refractivity contribution in [2.75, 3.05) is 39.1 Å². The van der Waals surface area contributed by atoms with E-state index in [9.17, 15) is 14.4 Å². The molecule has 0 aliphatic heterocycles. The van der Waals surface area contributed by atoms with Crippen LogP contribution in [0, 0.1) is 11.8 Å². The van der Waals surface area contributed by atoms with Gasteiger partial charge in [-0.2, -0.15) is 0 Å². The first-order chi connectivity index (χ1) is 11.9. The normalized spacial score (nSPS) is 18.6. The zero-order valence-corrected chi connectivity index (χ0v) is 14.9. The highest BCUT2D eigenvalue weighted by molar-refractivity contribution is 6.04. The van der Waals surface area contributed by atoms with Crippen LogP contribution >= 0.6 is 0 Å². The van der Waals surface area contributed by atoms with Gasteiger partial charge in [-0.3, -0.25) is 9.59 Å². The Morgan fingerprint density at radius 2 is 1.84 bits per heavy atom. The molecule has 0 heterocycles. The Hall–Kier alpha value is -2.41. The van der Waals surface area contributed by atoms with Crippen molar-refractivity contribution in [3.05, 3.63) is 29.8 Å². The van der Waals surface area contributed by atoms with E-state index in [1.165, 1.54) is 0 Å². The predicted molar refractivity (Wildman–Crippen MR) is 94.2 cm³/mol. The smallest absolute Gasteiger partial charge is 0.340 e. The van der Waals surface area contributed by atoms with Gasteiger partial charge < -0.3 is 20.3 Å². The van der Waals surface area contributed by atoms with Crippen molar-refractivity contribution in [2.45, 2.75) is 13.3 Å². The zero-order valence-electron chi connectivity index (χ0n) is 14.9. The summed E-state index contributed by atoms with van der Waals surface area (Å²) < 4.78 is 4.99. The monoisotopic (exact) mass is 347 g/mol. The second kappa shape index (κ2) is 8.62. The number of anilines is 1. The molecule has 2 N–H and O–H groups in total. The molecule has 2 amide bonds. The van der Waals surface area contributed by atoms with Gasteiger partial charge in [-0.05, 0) is 39.6 Å². The van der Waals surface area contributed by atoms with Crippen LogP contribution in [-0.4, -0.2) is 56.5 Å². The molecule has 1 aromatic carbocycles. The number of likely N-dealkylation sites (N-methyl/N-ethyl adjacent to an activating group) is 1. The van der Waals surface area contributed by atoms with Gasteiger partial charge in [0, 0.05) is 13.1 Å². The molecule has 1 aliphatic carbocycles. The minimum absolute atomic E-state index is 0.0966. The Labute approximate surface area is 147 Å². The summed E-state index contributed by atoms with van der Waals surface area (Å²) in [5.41, 5.74) is 0.718. The van der Waals surface area contributed by atoms with E-state index >= 15 is 0 Å². The molecule has 136 valence electrons. The molecule has 0 aromatic heterocycles. The highest BCUT2D eigenvalue weighted by Crippen LogP contribution is 2.39. The fourth-order valence-electron chi connectivity index (χ4n) is 2.51. The lowest BCUT2D eigenvalue weighted by Crippen LogP contribution is -2.33. The number of nitrogens with one attached hydrogen (secondary N) is 2. The maximum atomic E-state index is 12.4. The molecular formula is C18H25N3O4. The summed E-state index contributed by atoms with van der Waals surface area (Å²) in [4.78, 5) is 38.3. The van der Waals surface area contributed by atoms with E-state index in [-0.39, 0.29) is 30.3 Å². The van der Waals surface area contributed by atoms with Crippen molar-refractivity contribution in [2.24, 2.45) is 11.8 Å². The third-order valence-corrected chi connectivity index (χ3v) is 4.00. The zero-order chi connectivity index (χ0) is 18.4. The molecule has 1 saturated carbocycles. The van der Waals surface area contributed by atoms with Crippen molar-refractivity contribution in [3.63, 3.8) is 0 Å². The van der Waals surface area contributed by atoms with Crippen molar-refractivity contribution >= 4 is 23.5 Å². The van der Waals surface area contributed by atoms with Crippen LogP contribution in [-0.2, 0) is 14.3 Å². The molecule has 0 radical (unpaired) electrons. The molecule has 2 unspecified atom stereocenters. The number of carbonyl (C=O) groups excluding carboxylic acids is 3. The van der Waals surface area contributed by atoms with Crippen molar-refractivity contribution < 1.29 is 19.1 Å². The first-order valence-electron chi connectivity index (χ1n) is 8.43. The summed E-state index contributed by atoms with van der Waals surface area (Å²) in [5, 5.41) is 5.58. The van der Waals surface area contributed by atoms with E-state index in [1.807, 2.05) is 19.0 Å². The highest BCUT2D eigenvalue weighted by Gasteiger charge is 2.48. The standard InChI is InChI=1S/C18H25N3O4/c1-4-25-18(24)12-7-5-6-8-15(12)20-17(23)14-11-13(14)16(22)19-9-10-21(2)3/h5-8,13-14H,4,9-11H2,1-3H3,(H,19,22)(H,20,23). The maximum absolute atomic E-state index is 12.4. The van der Waals surface area contributed by atoms with Crippen LogP contribution in [0.25, 0.3) is 0 Å². The molecule has 1 aliphatic rings. The van der Waals surface area contributed by atoms with Crippen LogP contribution in [0.3, 0.4) is 0 Å². The fourth-order valence-corrected chi connectivity index (χ4v) is 2.51. The lowest BCUT2D eigenvalue weighted by molar-refractivity contribution is -0.125. The van der Waals surface area contributed by atoms with Gasteiger partial charge in [-0.15, -0.1) is 0 Å². The number of ether oxygens (including phenoxy) is 1. The number of nitrogens with zero attached hydrogens (tertiary/aromatic N) is 1. The van der Waals surface area contributed by atoms with E-state index in [1.54, 1.807) is 31.2 Å². The number of hydrogen-bond acceptors (Lipinski definition) is 5. The number of amides is 2. The Morgan fingerprint density at radius 3 is 2.52 bits per heavy atom. The Morgan fingerprint density at radius 1 is 1.16 bits per heavy atom. The van der Waals surface area contributed by atoms with Gasteiger partial charge in [-0.25, -0.2) is 4.79 Å². The van der Waals surface area contributed by atoms with Gasteiger partial charge in [0.2, 0.25) is 11.8 Å². The Kier molecular flexibility index (Phi) is 6.52. The minimum atomic E-state index is -0.479. The molecule has 7 nitrogen and oxygen atoms in total. The lowest BCUT2D eigenvalue weighted by Gasteiger charge is -2.11. The summed E-state index contributed by atoms with van der Waals surface area (Å²) >= 11 is 0. The Bertz CT molecular complexity index is 645. The largest absolute Gasteiger partial charge is 0.462 e. The van der Waals surface area contributed by atoms with E-state index in [4.69, 9.17) is 4.74 Å². The SMILES string of the molecule is CCOC(=O)c1ccccc1NC(=O)C1CC1C(=O)NCCN(C)C. The van der Waals surface area contributed by atoms with Gasteiger partial charge in [0.05, 0.1) is 29.7 Å². The molecule has 7 heteroatoms. The Balaban J connectivity index is 1.90. The van der Waals surface area contributed by atoms with Gasteiger partial charge in [0.15, 0.2) is 0 Å². The van der Waals surface area contributed by atoms with Crippen LogP contribution < -0.4 is 10.6 Å². The van der Waals surface area contributed by atoms with E-state index in [0.717, 1.165) is 6.54 Å². The number of carbonyl (C=O) groups is 3. The number of rotatable bonds is 8. The topological polar surface area (TPSA) is 87.7 Å². The number of hydrogen-bond donors (Lipinski definition) is 2. The molecule has 2 rings (SSSR count). The van der Waals surface area contributed by atoms with Gasteiger partial charge in [-0.1, -0.05) is 12.1 Å². The van der Waals surface area contributed by atoms with Crippen LogP contribution in [0.2, 0.25) is 0 Å². The van der Waals surface area contributed by atoms with Gasteiger partial charge in [0.25, 0.3) is 0 Å². The molecule has 1 fully saturated rings. The van der Waals surface area contributed by atoms with Crippen LogP contribution in [0.4, 0.5) is 5.69 Å². The van der Waals surface area contributed by atoms with Crippen LogP contribution in [0.1, 0.15) is 23.7 Å². The molecule has 2 atom stereocenters. The second-order valence-electron chi connectivity index (χ2n) is 6.30. The molecule has 0 saturated heterocycles. The summed E-state index contributed by atoms with van der Waals surface area (Å²) in [6.45, 7) is 3.30. The summed E-state index contributed by atoms with van der Waals surface area (Å²) in [7, 11) is 3.86. The lowest BCUT2D eigenvalue weighted by atomic mass is 10.1. The number of benzene rings is 1. The molecule has 0 bridgehead atoms. The maximum Gasteiger partial charge on any atom is 0.340 e. The predicted octanol–water partition coefficient (Wildman–Crippen LogP) is 1.12. The first kappa shape index (κ1) is 18.9. The molecule has 25 heavy (non-hydrogen) atoms. The average Bonchev–Trinajstić information content (AvgIpc) is 3.36. The second-order valence-corrected chi connectivity index (χ2v) is 6.30. The van der Waals surface area contributed by atoms with Crippen molar-refractivity contribution in [3.8, 4) is 0 Å². The van der Waals surface area contributed by atoms with Crippen molar-refractivity contribution in [1.82, 2.24) is 10.2 Å². The van der Waals surface area contributed by atoms with E-state index < -0.39 is 5.97 Å². The average molecular weight is 347 g/mol. The quantitative estimate of drug-likeness (QED) is 0.688. The molecule has 0 spiro atoms. The van der Waals surface area contributed by atoms with E-state index in [2.05, 4.69) is 10.6 Å². The third-order valence-electron chi connectivity index (χ3n) is 4.00. The fraction of sp³-hybridized carbons (Fsp3) is 0.500.